The van der Waals surface area contributed by atoms with Gasteiger partial charge >= 0.3 is 0 Å². The zero-order valence-electron chi connectivity index (χ0n) is 12.3. The number of aromatic nitrogens is 2. The Balaban J connectivity index is 1.71. The standard InChI is InChI=1S/C16H21N3O2/c1-20-15(13-5-3-2-4-6-13)16-18-14(21-19-16)11-12-7-9-17-10-8-12/h2-6,12,15,17H,7-11H2,1H3. The van der Waals surface area contributed by atoms with E-state index in [0.29, 0.717) is 11.7 Å². The van der Waals surface area contributed by atoms with Crippen LogP contribution in [0.15, 0.2) is 34.9 Å². The zero-order valence-corrected chi connectivity index (χ0v) is 12.3. The largest absolute Gasteiger partial charge is 0.369 e. The Bertz CT molecular complexity index is 550. The summed E-state index contributed by atoms with van der Waals surface area (Å²) >= 11 is 0. The van der Waals surface area contributed by atoms with E-state index in [4.69, 9.17) is 9.26 Å². The molecule has 21 heavy (non-hydrogen) atoms. The molecule has 0 aliphatic carbocycles. The van der Waals surface area contributed by atoms with Crippen LogP contribution in [0.5, 0.6) is 0 Å². The summed E-state index contributed by atoms with van der Waals surface area (Å²) in [5.74, 6) is 1.96. The van der Waals surface area contributed by atoms with Crippen LogP contribution >= 0.6 is 0 Å². The molecule has 1 saturated heterocycles. The number of ether oxygens (including phenoxy) is 1. The summed E-state index contributed by atoms with van der Waals surface area (Å²) in [6, 6.07) is 9.97. The Morgan fingerprint density at radius 2 is 2.05 bits per heavy atom. The minimum atomic E-state index is -0.267. The molecule has 1 fully saturated rings. The van der Waals surface area contributed by atoms with Crippen LogP contribution in [0.2, 0.25) is 0 Å². The zero-order chi connectivity index (χ0) is 14.5. The molecule has 3 rings (SSSR count). The SMILES string of the molecule is COC(c1ccccc1)c1noc(CC2CCNCC2)n1. The van der Waals surface area contributed by atoms with E-state index in [1.807, 2.05) is 30.3 Å². The highest BCUT2D eigenvalue weighted by Crippen LogP contribution is 2.24. The van der Waals surface area contributed by atoms with Crippen LogP contribution in [-0.4, -0.2) is 30.3 Å². The van der Waals surface area contributed by atoms with Crippen molar-refractivity contribution in [3.05, 3.63) is 47.6 Å². The Morgan fingerprint density at radius 1 is 1.29 bits per heavy atom. The van der Waals surface area contributed by atoms with Crippen molar-refractivity contribution in [3.63, 3.8) is 0 Å². The van der Waals surface area contributed by atoms with Gasteiger partial charge in [-0.05, 0) is 37.4 Å². The first-order chi connectivity index (χ1) is 10.4. The summed E-state index contributed by atoms with van der Waals surface area (Å²) in [6.07, 6.45) is 2.94. The molecule has 1 aromatic heterocycles. The molecular formula is C16H21N3O2. The highest BCUT2D eigenvalue weighted by atomic mass is 16.5. The quantitative estimate of drug-likeness (QED) is 0.914. The van der Waals surface area contributed by atoms with Gasteiger partial charge in [-0.15, -0.1) is 0 Å². The topological polar surface area (TPSA) is 60.2 Å². The lowest BCUT2D eigenvalue weighted by atomic mass is 9.95. The second-order valence-corrected chi connectivity index (χ2v) is 5.47. The van der Waals surface area contributed by atoms with Gasteiger partial charge in [0.15, 0.2) is 0 Å². The molecule has 2 aromatic rings. The number of benzene rings is 1. The maximum Gasteiger partial charge on any atom is 0.227 e. The number of hydrogen-bond donors (Lipinski definition) is 1. The molecule has 0 saturated carbocycles. The van der Waals surface area contributed by atoms with Gasteiger partial charge in [-0.1, -0.05) is 35.5 Å². The Hall–Kier alpha value is -1.72. The molecule has 1 unspecified atom stereocenters. The maximum absolute atomic E-state index is 5.53. The smallest absolute Gasteiger partial charge is 0.227 e. The number of rotatable bonds is 5. The minimum absolute atomic E-state index is 0.267. The van der Waals surface area contributed by atoms with Crippen molar-refractivity contribution in [3.8, 4) is 0 Å². The number of piperidine rings is 1. The molecule has 0 bridgehead atoms. The molecule has 1 atom stereocenters. The van der Waals surface area contributed by atoms with Gasteiger partial charge in [-0.2, -0.15) is 4.98 Å². The minimum Gasteiger partial charge on any atom is -0.369 e. The molecule has 1 aliphatic rings. The lowest BCUT2D eigenvalue weighted by Gasteiger charge is -2.20. The molecule has 5 heteroatoms. The van der Waals surface area contributed by atoms with E-state index in [9.17, 15) is 0 Å². The van der Waals surface area contributed by atoms with Gasteiger partial charge in [-0.25, -0.2) is 0 Å². The molecule has 0 amide bonds. The van der Waals surface area contributed by atoms with Crippen LogP contribution < -0.4 is 5.32 Å². The normalized spacial score (nSPS) is 17.8. The third kappa shape index (κ3) is 3.49. The second kappa shape index (κ2) is 6.83. The van der Waals surface area contributed by atoms with Crippen molar-refractivity contribution in [1.29, 1.82) is 0 Å². The molecule has 1 aromatic carbocycles. The molecule has 1 aliphatic heterocycles. The average molecular weight is 287 g/mol. The first-order valence-corrected chi connectivity index (χ1v) is 7.47. The van der Waals surface area contributed by atoms with Crippen LogP contribution in [0.1, 0.15) is 36.2 Å². The summed E-state index contributed by atoms with van der Waals surface area (Å²) in [5.41, 5.74) is 1.04. The maximum atomic E-state index is 5.53. The van der Waals surface area contributed by atoms with Crippen LogP contribution in [0.3, 0.4) is 0 Å². The number of nitrogens with one attached hydrogen (secondary N) is 1. The molecule has 1 N–H and O–H groups in total. The fourth-order valence-electron chi connectivity index (χ4n) is 2.81. The molecule has 0 spiro atoms. The van der Waals surface area contributed by atoms with Crippen LogP contribution in [0, 0.1) is 5.92 Å². The van der Waals surface area contributed by atoms with Crippen molar-refractivity contribution in [2.24, 2.45) is 5.92 Å². The molecule has 5 nitrogen and oxygen atoms in total. The molecule has 2 heterocycles. The molecule has 112 valence electrons. The lowest BCUT2D eigenvalue weighted by molar-refractivity contribution is 0.126. The van der Waals surface area contributed by atoms with Gasteiger partial charge in [-0.3, -0.25) is 0 Å². The first kappa shape index (κ1) is 14.2. The number of methoxy groups -OCH3 is 1. The summed E-state index contributed by atoms with van der Waals surface area (Å²) in [7, 11) is 1.67. The van der Waals surface area contributed by atoms with Gasteiger partial charge < -0.3 is 14.6 Å². The third-order valence-corrected chi connectivity index (χ3v) is 3.98. The monoisotopic (exact) mass is 287 g/mol. The highest BCUT2D eigenvalue weighted by Gasteiger charge is 2.22. The van der Waals surface area contributed by atoms with Crippen LogP contribution in [0.4, 0.5) is 0 Å². The van der Waals surface area contributed by atoms with Gasteiger partial charge in [0, 0.05) is 13.5 Å². The van der Waals surface area contributed by atoms with Crippen LogP contribution in [0.25, 0.3) is 0 Å². The Morgan fingerprint density at radius 3 is 2.76 bits per heavy atom. The van der Waals surface area contributed by atoms with Crippen molar-refractivity contribution < 1.29 is 9.26 Å². The number of hydrogen-bond acceptors (Lipinski definition) is 5. The first-order valence-electron chi connectivity index (χ1n) is 7.47. The van der Waals surface area contributed by atoms with Gasteiger partial charge in [0.2, 0.25) is 11.7 Å². The van der Waals surface area contributed by atoms with E-state index in [0.717, 1.165) is 31.0 Å². The predicted octanol–water partition coefficient (Wildman–Crippen LogP) is 2.35. The second-order valence-electron chi connectivity index (χ2n) is 5.47. The third-order valence-electron chi connectivity index (χ3n) is 3.98. The Kier molecular flexibility index (Phi) is 4.62. The van der Waals surface area contributed by atoms with E-state index in [1.165, 1.54) is 12.8 Å². The average Bonchev–Trinajstić information content (AvgIpc) is 2.98. The summed E-state index contributed by atoms with van der Waals surface area (Å²) in [6.45, 7) is 2.16. The van der Waals surface area contributed by atoms with Crippen LogP contribution in [-0.2, 0) is 11.2 Å². The van der Waals surface area contributed by atoms with Gasteiger partial charge in [0.25, 0.3) is 0 Å². The predicted molar refractivity (Wildman–Crippen MR) is 78.9 cm³/mol. The van der Waals surface area contributed by atoms with Crippen molar-refractivity contribution >= 4 is 0 Å². The summed E-state index contributed by atoms with van der Waals surface area (Å²) < 4.78 is 10.9. The van der Waals surface area contributed by atoms with E-state index < -0.39 is 0 Å². The van der Waals surface area contributed by atoms with E-state index in [-0.39, 0.29) is 6.10 Å². The van der Waals surface area contributed by atoms with Gasteiger partial charge in [0.1, 0.15) is 6.10 Å². The Labute approximate surface area is 124 Å². The lowest BCUT2D eigenvalue weighted by Crippen LogP contribution is -2.28. The highest BCUT2D eigenvalue weighted by molar-refractivity contribution is 5.22. The molecule has 0 radical (unpaired) electrons. The summed E-state index contributed by atoms with van der Waals surface area (Å²) in [4.78, 5) is 4.53. The van der Waals surface area contributed by atoms with Crippen molar-refractivity contribution in [1.82, 2.24) is 15.5 Å². The van der Waals surface area contributed by atoms with Crippen molar-refractivity contribution in [2.75, 3.05) is 20.2 Å². The fraction of sp³-hybridized carbons (Fsp3) is 0.500. The molecular weight excluding hydrogens is 266 g/mol. The summed E-state index contributed by atoms with van der Waals surface area (Å²) in [5, 5.41) is 7.47. The van der Waals surface area contributed by atoms with Crippen molar-refractivity contribution in [2.45, 2.75) is 25.4 Å². The van der Waals surface area contributed by atoms with E-state index in [2.05, 4.69) is 15.5 Å². The number of nitrogens with zero attached hydrogens (tertiary/aromatic N) is 2. The fourth-order valence-corrected chi connectivity index (χ4v) is 2.81. The van der Waals surface area contributed by atoms with Gasteiger partial charge in [0.05, 0.1) is 0 Å². The van der Waals surface area contributed by atoms with E-state index >= 15 is 0 Å². The van der Waals surface area contributed by atoms with E-state index in [1.54, 1.807) is 7.11 Å².